The summed E-state index contributed by atoms with van der Waals surface area (Å²) < 4.78 is 3.99. The molecule has 0 fully saturated rings. The fourth-order valence-electron chi connectivity index (χ4n) is 2.30. The number of aryl methyl sites for hydroxylation is 2. The number of aromatic nitrogens is 4. The zero-order valence-electron chi connectivity index (χ0n) is 11.5. The van der Waals surface area contributed by atoms with Crippen LogP contribution in [0.1, 0.15) is 12.6 Å². The van der Waals surface area contributed by atoms with Gasteiger partial charge in [0.15, 0.2) is 0 Å². The molecule has 2 heterocycles. The number of imidazole rings is 1. The van der Waals surface area contributed by atoms with Crippen molar-refractivity contribution < 1.29 is 0 Å². The predicted octanol–water partition coefficient (Wildman–Crippen LogP) is 3.06. The Bertz CT molecular complexity index is 743. The minimum absolute atomic E-state index is 0.688. The Morgan fingerprint density at radius 1 is 1.30 bits per heavy atom. The van der Waals surface area contributed by atoms with Gasteiger partial charge in [-0.15, -0.1) is 0 Å². The Kier molecular flexibility index (Phi) is 3.36. The largest absolute Gasteiger partial charge is 0.350 e. The van der Waals surface area contributed by atoms with E-state index >= 15 is 0 Å². The number of hydrogen-bond acceptors (Lipinski definition) is 3. The molecule has 1 N–H and O–H groups in total. The quantitative estimate of drug-likeness (QED) is 0.803. The molecule has 0 bridgehead atoms. The summed E-state index contributed by atoms with van der Waals surface area (Å²) in [4.78, 5) is 4.61. The number of halogens is 1. The van der Waals surface area contributed by atoms with E-state index < -0.39 is 0 Å². The van der Waals surface area contributed by atoms with Gasteiger partial charge in [0.25, 0.3) is 0 Å². The number of nitrogens with one attached hydrogen (secondary N) is 1. The van der Waals surface area contributed by atoms with Crippen LogP contribution in [-0.2, 0) is 20.1 Å². The summed E-state index contributed by atoms with van der Waals surface area (Å²) in [7, 11) is 1.93. The van der Waals surface area contributed by atoms with Gasteiger partial charge in [0.05, 0.1) is 23.3 Å². The van der Waals surface area contributed by atoms with Gasteiger partial charge < -0.3 is 9.88 Å². The highest BCUT2D eigenvalue weighted by Crippen LogP contribution is 2.23. The minimum atomic E-state index is 0.688. The third-order valence-electron chi connectivity index (χ3n) is 3.38. The number of anilines is 1. The normalized spacial score (nSPS) is 11.2. The predicted molar refractivity (Wildman–Crippen MR) is 81.0 cm³/mol. The number of nitrogens with zero attached hydrogens (tertiary/aromatic N) is 4. The lowest BCUT2D eigenvalue weighted by atomic mass is 10.3. The van der Waals surface area contributed by atoms with Crippen molar-refractivity contribution in [2.45, 2.75) is 20.0 Å². The fraction of sp³-hybridized carbons (Fsp3) is 0.286. The van der Waals surface area contributed by atoms with Crippen molar-refractivity contribution in [3.8, 4) is 0 Å². The topological polar surface area (TPSA) is 47.7 Å². The monoisotopic (exact) mass is 289 g/mol. The average molecular weight is 290 g/mol. The molecule has 0 spiro atoms. The Balaban J connectivity index is 1.92. The van der Waals surface area contributed by atoms with Gasteiger partial charge >= 0.3 is 0 Å². The second-order valence-corrected chi connectivity index (χ2v) is 5.05. The summed E-state index contributed by atoms with van der Waals surface area (Å²) in [6.07, 6.45) is 1.79. The minimum Gasteiger partial charge on any atom is -0.350 e. The number of hydrogen-bond donors (Lipinski definition) is 1. The zero-order valence-corrected chi connectivity index (χ0v) is 12.2. The lowest BCUT2D eigenvalue weighted by Gasteiger charge is -2.08. The Hall–Kier alpha value is -2.01. The molecule has 0 unspecified atom stereocenters. The van der Waals surface area contributed by atoms with Crippen LogP contribution in [0, 0.1) is 0 Å². The van der Waals surface area contributed by atoms with Crippen LogP contribution in [0.3, 0.4) is 0 Å². The van der Waals surface area contributed by atoms with Gasteiger partial charge in [-0.2, -0.15) is 5.10 Å². The molecule has 5 nitrogen and oxygen atoms in total. The van der Waals surface area contributed by atoms with Crippen LogP contribution in [0.15, 0.2) is 30.5 Å². The summed E-state index contributed by atoms with van der Waals surface area (Å²) in [5.74, 6) is 0.853. The van der Waals surface area contributed by atoms with E-state index in [1.165, 1.54) is 0 Å². The zero-order chi connectivity index (χ0) is 14.1. The standard InChI is InChI=1S/C14H16ClN5/c1-3-20-13-5-4-10(15)8-12(13)18-14(20)16-9-11-6-7-17-19(11)2/h4-8H,3,9H2,1-2H3,(H,16,18). The molecule has 0 saturated heterocycles. The van der Waals surface area contributed by atoms with Crippen LogP contribution in [-0.4, -0.2) is 19.3 Å². The first-order chi connectivity index (χ1) is 9.69. The number of benzene rings is 1. The molecule has 0 aliphatic rings. The van der Waals surface area contributed by atoms with Crippen LogP contribution in [0.5, 0.6) is 0 Å². The third-order valence-corrected chi connectivity index (χ3v) is 3.61. The van der Waals surface area contributed by atoms with Crippen LogP contribution >= 0.6 is 11.6 Å². The van der Waals surface area contributed by atoms with Crippen molar-refractivity contribution in [3.63, 3.8) is 0 Å². The first kappa shape index (κ1) is 13.0. The van der Waals surface area contributed by atoms with Gasteiger partial charge in [-0.25, -0.2) is 4.98 Å². The van der Waals surface area contributed by atoms with Gasteiger partial charge in [-0.05, 0) is 31.2 Å². The maximum Gasteiger partial charge on any atom is 0.204 e. The summed E-state index contributed by atoms with van der Waals surface area (Å²) in [6, 6.07) is 7.77. The molecule has 0 radical (unpaired) electrons. The summed E-state index contributed by atoms with van der Waals surface area (Å²) in [5.41, 5.74) is 3.11. The highest BCUT2D eigenvalue weighted by atomic mass is 35.5. The lowest BCUT2D eigenvalue weighted by molar-refractivity contribution is 0.714. The molecule has 0 atom stereocenters. The Labute approximate surface area is 122 Å². The SMILES string of the molecule is CCn1c(NCc2ccnn2C)nc2cc(Cl)ccc21. The van der Waals surface area contributed by atoms with Gasteiger partial charge in [0.2, 0.25) is 5.95 Å². The van der Waals surface area contributed by atoms with Crippen LogP contribution < -0.4 is 5.32 Å². The van der Waals surface area contributed by atoms with Crippen molar-refractivity contribution in [2.24, 2.45) is 7.05 Å². The summed E-state index contributed by atoms with van der Waals surface area (Å²) in [6.45, 7) is 3.64. The molecule has 1 aromatic carbocycles. The third kappa shape index (κ3) is 2.25. The maximum atomic E-state index is 6.02. The summed E-state index contributed by atoms with van der Waals surface area (Å²) >= 11 is 6.02. The van der Waals surface area contributed by atoms with Crippen LogP contribution in [0.4, 0.5) is 5.95 Å². The molecule has 104 valence electrons. The fourth-order valence-corrected chi connectivity index (χ4v) is 2.47. The highest BCUT2D eigenvalue weighted by Gasteiger charge is 2.10. The van der Waals surface area contributed by atoms with E-state index in [0.29, 0.717) is 11.6 Å². The van der Waals surface area contributed by atoms with Gasteiger partial charge in [-0.1, -0.05) is 11.6 Å². The van der Waals surface area contributed by atoms with E-state index in [-0.39, 0.29) is 0 Å². The molecule has 0 aliphatic carbocycles. The maximum absolute atomic E-state index is 6.02. The molecule has 3 aromatic rings. The highest BCUT2D eigenvalue weighted by molar-refractivity contribution is 6.31. The molecule has 0 aliphatic heterocycles. The second kappa shape index (κ2) is 5.17. The van der Waals surface area contributed by atoms with E-state index in [0.717, 1.165) is 29.2 Å². The van der Waals surface area contributed by atoms with E-state index in [4.69, 9.17) is 11.6 Å². The van der Waals surface area contributed by atoms with Gasteiger partial charge in [-0.3, -0.25) is 4.68 Å². The Morgan fingerprint density at radius 2 is 2.15 bits per heavy atom. The molecule has 2 aromatic heterocycles. The molecule has 20 heavy (non-hydrogen) atoms. The second-order valence-electron chi connectivity index (χ2n) is 4.61. The molecule has 6 heteroatoms. The first-order valence-corrected chi connectivity index (χ1v) is 6.93. The first-order valence-electron chi connectivity index (χ1n) is 6.55. The number of fused-ring (bicyclic) bond motifs is 1. The van der Waals surface area contributed by atoms with E-state index in [1.54, 1.807) is 6.20 Å². The molecule has 0 saturated carbocycles. The van der Waals surface area contributed by atoms with Crippen molar-refractivity contribution >= 4 is 28.6 Å². The lowest BCUT2D eigenvalue weighted by Crippen LogP contribution is -2.09. The molecular formula is C14H16ClN5. The van der Waals surface area contributed by atoms with Crippen molar-refractivity contribution in [2.75, 3.05) is 5.32 Å². The van der Waals surface area contributed by atoms with Crippen molar-refractivity contribution in [3.05, 3.63) is 41.2 Å². The average Bonchev–Trinajstić information content (AvgIpc) is 2.98. The molecule has 3 rings (SSSR count). The van der Waals surface area contributed by atoms with Gasteiger partial charge in [0, 0.05) is 24.8 Å². The molecule has 0 amide bonds. The van der Waals surface area contributed by atoms with Crippen molar-refractivity contribution in [1.82, 2.24) is 19.3 Å². The van der Waals surface area contributed by atoms with Crippen molar-refractivity contribution in [1.29, 1.82) is 0 Å². The van der Waals surface area contributed by atoms with E-state index in [9.17, 15) is 0 Å². The Morgan fingerprint density at radius 3 is 2.85 bits per heavy atom. The van der Waals surface area contributed by atoms with E-state index in [1.807, 2.05) is 36.0 Å². The number of rotatable bonds is 4. The molecular weight excluding hydrogens is 274 g/mol. The smallest absolute Gasteiger partial charge is 0.204 e. The van der Waals surface area contributed by atoms with Crippen LogP contribution in [0.25, 0.3) is 11.0 Å². The van der Waals surface area contributed by atoms with E-state index in [2.05, 4.69) is 26.9 Å². The van der Waals surface area contributed by atoms with Crippen LogP contribution in [0.2, 0.25) is 5.02 Å². The van der Waals surface area contributed by atoms with Gasteiger partial charge in [0.1, 0.15) is 0 Å². The summed E-state index contributed by atoms with van der Waals surface area (Å²) in [5, 5.41) is 8.23.